The van der Waals surface area contributed by atoms with Crippen molar-refractivity contribution in [2.24, 2.45) is 0 Å². The summed E-state index contributed by atoms with van der Waals surface area (Å²) < 4.78 is 9.15. The van der Waals surface area contributed by atoms with Crippen LogP contribution >= 0.6 is 22.6 Å². The first-order valence-electron chi connectivity index (χ1n) is 6.71. The molecule has 1 unspecified atom stereocenters. The summed E-state index contributed by atoms with van der Waals surface area (Å²) in [5, 5.41) is 0. The fraction of sp³-hybridized carbons (Fsp3) is 0.400. The number of aryl methyl sites for hydroxylation is 1. The Morgan fingerprint density at radius 1 is 1.42 bits per heavy atom. The lowest BCUT2D eigenvalue weighted by molar-refractivity contribution is 0.100. The molecule has 2 aromatic rings. The highest BCUT2D eigenvalue weighted by molar-refractivity contribution is 14.1. The van der Waals surface area contributed by atoms with Gasteiger partial charge in [-0.1, -0.05) is 12.1 Å². The lowest BCUT2D eigenvalue weighted by atomic mass is 10.1. The van der Waals surface area contributed by atoms with Crippen molar-refractivity contribution in [3.63, 3.8) is 0 Å². The second kappa shape index (κ2) is 6.05. The number of hydrogen-bond donors (Lipinski definition) is 0. The van der Waals surface area contributed by atoms with E-state index in [1.54, 1.807) is 0 Å². The number of benzene rings is 1. The molecule has 0 radical (unpaired) electrons. The van der Waals surface area contributed by atoms with Gasteiger partial charge in [0.15, 0.2) is 0 Å². The second-order valence-corrected chi connectivity index (χ2v) is 6.12. The van der Waals surface area contributed by atoms with Crippen LogP contribution in [0.25, 0.3) is 11.4 Å². The van der Waals surface area contributed by atoms with Crippen molar-refractivity contribution in [1.29, 1.82) is 0 Å². The Morgan fingerprint density at radius 3 is 3.16 bits per heavy atom. The van der Waals surface area contributed by atoms with Crippen molar-refractivity contribution < 1.29 is 4.74 Å². The number of aromatic nitrogens is 2. The van der Waals surface area contributed by atoms with Crippen LogP contribution in [-0.2, 0) is 11.3 Å². The standard InChI is InChI=1S/C15H17IN2O/c16-13-4-1-3-12(11-13)15-17-7-9-18(15)8-6-14-5-2-10-19-14/h1,3-4,7,9,11,14H,2,5-6,8,10H2. The molecule has 0 spiro atoms. The number of imidazole rings is 1. The monoisotopic (exact) mass is 368 g/mol. The van der Waals surface area contributed by atoms with E-state index in [1.807, 2.05) is 6.20 Å². The third-order valence-corrected chi connectivity index (χ3v) is 4.19. The van der Waals surface area contributed by atoms with E-state index in [1.165, 1.54) is 22.0 Å². The van der Waals surface area contributed by atoms with Gasteiger partial charge in [0.1, 0.15) is 5.82 Å². The van der Waals surface area contributed by atoms with Crippen molar-refractivity contribution >= 4 is 22.6 Å². The molecule has 1 aromatic carbocycles. The largest absolute Gasteiger partial charge is 0.378 e. The summed E-state index contributed by atoms with van der Waals surface area (Å²) in [7, 11) is 0. The van der Waals surface area contributed by atoms with Crippen molar-refractivity contribution in [2.75, 3.05) is 6.61 Å². The number of hydrogen-bond acceptors (Lipinski definition) is 2. The van der Waals surface area contributed by atoms with Crippen LogP contribution in [0.5, 0.6) is 0 Å². The normalized spacial score (nSPS) is 18.9. The summed E-state index contributed by atoms with van der Waals surface area (Å²) in [5.41, 5.74) is 1.18. The molecule has 3 rings (SSSR count). The van der Waals surface area contributed by atoms with E-state index in [0.29, 0.717) is 6.10 Å². The van der Waals surface area contributed by atoms with Crippen LogP contribution in [-0.4, -0.2) is 22.3 Å². The minimum atomic E-state index is 0.436. The minimum absolute atomic E-state index is 0.436. The predicted molar refractivity (Wildman–Crippen MR) is 84.0 cm³/mol. The van der Waals surface area contributed by atoms with Gasteiger partial charge < -0.3 is 9.30 Å². The average Bonchev–Trinajstić information content (AvgIpc) is 3.08. The van der Waals surface area contributed by atoms with E-state index in [2.05, 4.69) is 62.6 Å². The van der Waals surface area contributed by atoms with Gasteiger partial charge in [0, 0.05) is 34.7 Å². The van der Waals surface area contributed by atoms with Crippen LogP contribution in [0, 0.1) is 3.57 Å². The second-order valence-electron chi connectivity index (χ2n) is 4.88. The molecule has 1 atom stereocenters. The summed E-state index contributed by atoms with van der Waals surface area (Å²) in [4.78, 5) is 4.49. The van der Waals surface area contributed by atoms with Gasteiger partial charge >= 0.3 is 0 Å². The van der Waals surface area contributed by atoms with Gasteiger partial charge in [-0.05, 0) is 54.0 Å². The average molecular weight is 368 g/mol. The topological polar surface area (TPSA) is 27.1 Å². The Labute approximate surface area is 127 Å². The Bertz CT molecular complexity index is 547. The van der Waals surface area contributed by atoms with Gasteiger partial charge in [-0.15, -0.1) is 0 Å². The van der Waals surface area contributed by atoms with Gasteiger partial charge in [0.2, 0.25) is 0 Å². The van der Waals surface area contributed by atoms with Crippen LogP contribution in [0.15, 0.2) is 36.7 Å². The van der Waals surface area contributed by atoms with Crippen LogP contribution in [0.3, 0.4) is 0 Å². The molecule has 0 bridgehead atoms. The smallest absolute Gasteiger partial charge is 0.139 e. The number of nitrogens with zero attached hydrogens (tertiary/aromatic N) is 2. The third kappa shape index (κ3) is 3.17. The van der Waals surface area contributed by atoms with Crippen LogP contribution in [0.1, 0.15) is 19.3 Å². The first-order chi connectivity index (χ1) is 9.33. The lowest BCUT2D eigenvalue weighted by Gasteiger charge is -2.12. The molecule has 1 aliphatic heterocycles. The highest BCUT2D eigenvalue weighted by Gasteiger charge is 2.16. The Kier molecular flexibility index (Phi) is 4.18. The van der Waals surface area contributed by atoms with Gasteiger partial charge in [-0.3, -0.25) is 0 Å². The van der Waals surface area contributed by atoms with E-state index in [4.69, 9.17) is 4.74 Å². The molecular weight excluding hydrogens is 351 g/mol. The molecule has 0 aliphatic carbocycles. The molecule has 1 saturated heterocycles. The molecule has 3 nitrogen and oxygen atoms in total. The fourth-order valence-electron chi connectivity index (χ4n) is 2.53. The number of rotatable bonds is 4. The molecule has 19 heavy (non-hydrogen) atoms. The first-order valence-corrected chi connectivity index (χ1v) is 7.79. The van der Waals surface area contributed by atoms with Crippen molar-refractivity contribution in [2.45, 2.75) is 31.9 Å². The summed E-state index contributed by atoms with van der Waals surface area (Å²) in [6, 6.07) is 8.47. The molecule has 4 heteroatoms. The quantitative estimate of drug-likeness (QED) is 0.770. The third-order valence-electron chi connectivity index (χ3n) is 3.51. The molecule has 1 aromatic heterocycles. The molecular formula is C15H17IN2O. The Balaban J connectivity index is 1.74. The molecule has 1 fully saturated rings. The van der Waals surface area contributed by atoms with E-state index in [9.17, 15) is 0 Å². The summed E-state index contributed by atoms with van der Waals surface area (Å²) in [5.74, 6) is 1.05. The lowest BCUT2D eigenvalue weighted by Crippen LogP contribution is -2.10. The van der Waals surface area contributed by atoms with E-state index in [0.717, 1.165) is 25.4 Å². The van der Waals surface area contributed by atoms with Gasteiger partial charge in [0.05, 0.1) is 6.10 Å². The SMILES string of the molecule is Ic1cccc(-c2nccn2CCC2CCCO2)c1. The molecule has 0 amide bonds. The molecule has 0 saturated carbocycles. The van der Waals surface area contributed by atoms with Gasteiger partial charge in [-0.2, -0.15) is 0 Å². The molecule has 0 N–H and O–H groups in total. The number of ether oxygens (including phenoxy) is 1. The maximum absolute atomic E-state index is 5.68. The minimum Gasteiger partial charge on any atom is -0.378 e. The number of halogens is 1. The fourth-order valence-corrected chi connectivity index (χ4v) is 3.08. The Morgan fingerprint density at radius 2 is 2.37 bits per heavy atom. The summed E-state index contributed by atoms with van der Waals surface area (Å²) in [6.45, 7) is 1.91. The van der Waals surface area contributed by atoms with Crippen molar-refractivity contribution in [3.05, 3.63) is 40.2 Å². The summed E-state index contributed by atoms with van der Waals surface area (Å²) in [6.07, 6.45) is 7.86. The molecule has 100 valence electrons. The van der Waals surface area contributed by atoms with Gasteiger partial charge in [0.25, 0.3) is 0 Å². The zero-order valence-corrected chi connectivity index (χ0v) is 12.9. The summed E-state index contributed by atoms with van der Waals surface area (Å²) >= 11 is 2.34. The van der Waals surface area contributed by atoms with Crippen molar-refractivity contribution in [1.82, 2.24) is 9.55 Å². The highest BCUT2D eigenvalue weighted by atomic mass is 127. The van der Waals surface area contributed by atoms with Crippen LogP contribution < -0.4 is 0 Å². The van der Waals surface area contributed by atoms with Crippen LogP contribution in [0.4, 0.5) is 0 Å². The van der Waals surface area contributed by atoms with E-state index >= 15 is 0 Å². The zero-order chi connectivity index (χ0) is 13.1. The zero-order valence-electron chi connectivity index (χ0n) is 10.8. The molecule has 1 aliphatic rings. The van der Waals surface area contributed by atoms with E-state index < -0.39 is 0 Å². The maximum Gasteiger partial charge on any atom is 0.139 e. The van der Waals surface area contributed by atoms with Gasteiger partial charge in [-0.25, -0.2) is 4.98 Å². The maximum atomic E-state index is 5.68. The van der Waals surface area contributed by atoms with Crippen molar-refractivity contribution in [3.8, 4) is 11.4 Å². The Hall–Kier alpha value is -0.880. The first kappa shape index (κ1) is 13.1. The molecule has 2 heterocycles. The predicted octanol–water partition coefficient (Wildman–Crippen LogP) is 3.72. The van der Waals surface area contributed by atoms with Crippen LogP contribution in [0.2, 0.25) is 0 Å². The highest BCUT2D eigenvalue weighted by Crippen LogP contribution is 2.22. The van der Waals surface area contributed by atoms with E-state index in [-0.39, 0.29) is 0 Å².